The summed E-state index contributed by atoms with van der Waals surface area (Å²) < 4.78 is 0. The van der Waals surface area contributed by atoms with E-state index in [1.165, 1.54) is 44.8 Å². The Morgan fingerprint density at radius 3 is 2.00 bits per heavy atom. The van der Waals surface area contributed by atoms with Crippen molar-refractivity contribution in [3.8, 4) is 0 Å². The molecule has 2 aliphatic rings. The van der Waals surface area contributed by atoms with Crippen LogP contribution in [0.5, 0.6) is 0 Å². The zero-order valence-corrected chi connectivity index (χ0v) is 12.4. The van der Waals surface area contributed by atoms with Gasteiger partial charge in [0.1, 0.15) is 6.29 Å². The van der Waals surface area contributed by atoms with Gasteiger partial charge in [-0.05, 0) is 61.7 Å². The summed E-state index contributed by atoms with van der Waals surface area (Å²) >= 11 is 0. The average Bonchev–Trinajstić information content (AvgIpc) is 2.34. The van der Waals surface area contributed by atoms with E-state index < -0.39 is 0 Å². The van der Waals surface area contributed by atoms with Gasteiger partial charge in [-0.25, -0.2) is 0 Å². The van der Waals surface area contributed by atoms with Crippen LogP contribution < -0.4 is 0 Å². The standard InChI is InChI=1S/C17H30O/c1-12-4-5-15(8-13(12)2)10-16-6-7-17(11-18)14(3)9-16/h11-17H,4-10H2,1-3H3. The normalized spacial score (nSPS) is 45.7. The Hall–Kier alpha value is -0.330. The van der Waals surface area contributed by atoms with Crippen LogP contribution >= 0.6 is 0 Å². The van der Waals surface area contributed by atoms with Crippen LogP contribution in [0.25, 0.3) is 0 Å². The molecule has 2 saturated carbocycles. The minimum absolute atomic E-state index is 0.353. The summed E-state index contributed by atoms with van der Waals surface area (Å²) in [6.07, 6.45) is 10.7. The largest absolute Gasteiger partial charge is 0.303 e. The molecule has 0 N–H and O–H groups in total. The van der Waals surface area contributed by atoms with Crippen molar-refractivity contribution in [2.75, 3.05) is 0 Å². The molecule has 1 heteroatoms. The molecule has 2 rings (SSSR count). The SMILES string of the molecule is CC1CCC(CC2CCC(C=O)C(C)C2)CC1C. The Bertz CT molecular complexity index is 273. The molecule has 2 aliphatic carbocycles. The molecule has 1 nitrogen and oxygen atoms in total. The van der Waals surface area contributed by atoms with Crippen LogP contribution in [0, 0.1) is 35.5 Å². The Labute approximate surface area is 113 Å². The molecule has 0 saturated heterocycles. The molecule has 0 spiro atoms. The number of carbonyl (C=O) groups excluding carboxylic acids is 1. The topological polar surface area (TPSA) is 17.1 Å². The van der Waals surface area contributed by atoms with Crippen molar-refractivity contribution in [3.63, 3.8) is 0 Å². The van der Waals surface area contributed by atoms with Gasteiger partial charge in [-0.15, -0.1) is 0 Å². The quantitative estimate of drug-likeness (QED) is 0.663. The molecule has 0 bridgehead atoms. The fraction of sp³-hybridized carbons (Fsp3) is 0.941. The monoisotopic (exact) mass is 250 g/mol. The van der Waals surface area contributed by atoms with Gasteiger partial charge in [0.25, 0.3) is 0 Å². The summed E-state index contributed by atoms with van der Waals surface area (Å²) in [7, 11) is 0. The van der Waals surface area contributed by atoms with Gasteiger partial charge in [0, 0.05) is 5.92 Å². The van der Waals surface area contributed by atoms with E-state index in [2.05, 4.69) is 20.8 Å². The maximum Gasteiger partial charge on any atom is 0.123 e. The van der Waals surface area contributed by atoms with Crippen LogP contribution in [0.15, 0.2) is 0 Å². The third-order valence-electron chi connectivity index (χ3n) is 5.89. The zero-order valence-electron chi connectivity index (χ0n) is 12.4. The highest BCUT2D eigenvalue weighted by Crippen LogP contribution is 2.41. The van der Waals surface area contributed by atoms with Gasteiger partial charge in [-0.1, -0.05) is 33.6 Å². The van der Waals surface area contributed by atoms with Crippen molar-refractivity contribution in [2.24, 2.45) is 35.5 Å². The van der Waals surface area contributed by atoms with Crippen molar-refractivity contribution in [1.29, 1.82) is 0 Å². The van der Waals surface area contributed by atoms with Crippen molar-refractivity contribution < 1.29 is 4.79 Å². The summed E-state index contributed by atoms with van der Waals surface area (Å²) in [5.41, 5.74) is 0. The first-order valence-corrected chi connectivity index (χ1v) is 8.05. The number of carbonyl (C=O) groups is 1. The molecular formula is C17H30O. The van der Waals surface area contributed by atoms with Gasteiger partial charge in [-0.3, -0.25) is 0 Å². The van der Waals surface area contributed by atoms with E-state index in [-0.39, 0.29) is 0 Å². The maximum absolute atomic E-state index is 10.9. The first-order valence-electron chi connectivity index (χ1n) is 8.05. The highest BCUT2D eigenvalue weighted by Gasteiger charge is 2.31. The fourth-order valence-electron chi connectivity index (χ4n) is 4.29. The minimum atomic E-state index is 0.353. The van der Waals surface area contributed by atoms with Gasteiger partial charge >= 0.3 is 0 Å². The third-order valence-corrected chi connectivity index (χ3v) is 5.89. The summed E-state index contributed by atoms with van der Waals surface area (Å²) in [4.78, 5) is 10.9. The Balaban J connectivity index is 1.79. The van der Waals surface area contributed by atoms with E-state index >= 15 is 0 Å². The second-order valence-electron chi connectivity index (χ2n) is 7.33. The molecule has 104 valence electrons. The fourth-order valence-corrected chi connectivity index (χ4v) is 4.29. The van der Waals surface area contributed by atoms with Crippen molar-refractivity contribution >= 4 is 6.29 Å². The molecule has 0 radical (unpaired) electrons. The lowest BCUT2D eigenvalue weighted by Crippen LogP contribution is -2.27. The first kappa shape index (κ1) is 14.1. The minimum Gasteiger partial charge on any atom is -0.303 e. The molecule has 0 aliphatic heterocycles. The van der Waals surface area contributed by atoms with Crippen molar-refractivity contribution in [2.45, 2.75) is 65.7 Å². The Morgan fingerprint density at radius 1 is 0.833 bits per heavy atom. The van der Waals surface area contributed by atoms with Gasteiger partial charge in [-0.2, -0.15) is 0 Å². The van der Waals surface area contributed by atoms with Gasteiger partial charge in [0.05, 0.1) is 0 Å². The summed E-state index contributed by atoms with van der Waals surface area (Å²) in [6.45, 7) is 7.12. The zero-order chi connectivity index (χ0) is 13.1. The van der Waals surface area contributed by atoms with E-state index in [1.807, 2.05) is 0 Å². The molecule has 0 aromatic rings. The van der Waals surface area contributed by atoms with Gasteiger partial charge in [0.15, 0.2) is 0 Å². The van der Waals surface area contributed by atoms with Gasteiger partial charge < -0.3 is 4.79 Å². The van der Waals surface area contributed by atoms with Crippen LogP contribution in [0.3, 0.4) is 0 Å². The van der Waals surface area contributed by atoms with Crippen LogP contribution in [0.1, 0.15) is 65.7 Å². The van der Waals surface area contributed by atoms with E-state index in [1.54, 1.807) is 0 Å². The maximum atomic E-state index is 10.9. The number of rotatable bonds is 3. The predicted octanol–water partition coefficient (Wildman–Crippen LogP) is 4.70. The lowest BCUT2D eigenvalue weighted by Gasteiger charge is -2.37. The lowest BCUT2D eigenvalue weighted by molar-refractivity contribution is -0.113. The van der Waals surface area contributed by atoms with Crippen LogP contribution in [-0.4, -0.2) is 6.29 Å². The number of hydrogen-bond donors (Lipinski definition) is 0. The van der Waals surface area contributed by atoms with E-state index in [0.29, 0.717) is 11.8 Å². The van der Waals surface area contributed by atoms with Crippen LogP contribution in [0.4, 0.5) is 0 Å². The van der Waals surface area contributed by atoms with Crippen molar-refractivity contribution in [3.05, 3.63) is 0 Å². The van der Waals surface area contributed by atoms with E-state index in [4.69, 9.17) is 0 Å². The Morgan fingerprint density at radius 2 is 1.44 bits per heavy atom. The van der Waals surface area contributed by atoms with E-state index in [9.17, 15) is 4.79 Å². The van der Waals surface area contributed by atoms with Crippen LogP contribution in [-0.2, 0) is 4.79 Å². The third kappa shape index (κ3) is 3.36. The molecular weight excluding hydrogens is 220 g/mol. The summed E-state index contributed by atoms with van der Waals surface area (Å²) in [5.74, 6) is 4.72. The van der Waals surface area contributed by atoms with Crippen LogP contribution in [0.2, 0.25) is 0 Å². The molecule has 0 heterocycles. The summed E-state index contributed by atoms with van der Waals surface area (Å²) in [5, 5.41) is 0. The molecule has 2 fully saturated rings. The molecule has 6 unspecified atom stereocenters. The number of hydrogen-bond acceptors (Lipinski definition) is 1. The highest BCUT2D eigenvalue weighted by atomic mass is 16.1. The highest BCUT2D eigenvalue weighted by molar-refractivity contribution is 5.54. The summed E-state index contributed by atoms with van der Waals surface area (Å²) in [6, 6.07) is 0. The first-order chi connectivity index (χ1) is 8.60. The smallest absolute Gasteiger partial charge is 0.123 e. The Kier molecular flexibility index (Phi) is 4.86. The molecule has 0 aromatic heterocycles. The van der Waals surface area contributed by atoms with E-state index in [0.717, 1.165) is 30.1 Å². The molecule has 0 aromatic carbocycles. The van der Waals surface area contributed by atoms with Gasteiger partial charge in [0.2, 0.25) is 0 Å². The molecule has 6 atom stereocenters. The predicted molar refractivity (Wildman–Crippen MR) is 76.3 cm³/mol. The number of aldehydes is 1. The molecule has 0 amide bonds. The second-order valence-corrected chi connectivity index (χ2v) is 7.33. The average molecular weight is 250 g/mol. The lowest BCUT2D eigenvalue weighted by atomic mass is 9.68. The van der Waals surface area contributed by atoms with Crippen molar-refractivity contribution in [1.82, 2.24) is 0 Å². The molecule has 18 heavy (non-hydrogen) atoms. The second kappa shape index (κ2) is 6.21.